The minimum atomic E-state index is 0.414. The van der Waals surface area contributed by atoms with Gasteiger partial charge in [0.1, 0.15) is 5.75 Å². The number of likely N-dealkylation sites (tertiary alicyclic amines) is 1. The summed E-state index contributed by atoms with van der Waals surface area (Å²) in [7, 11) is 1.78. The number of rotatable bonds is 7. The summed E-state index contributed by atoms with van der Waals surface area (Å²) >= 11 is 0. The number of piperidine rings is 1. The Hall–Kier alpha value is -2.28. The van der Waals surface area contributed by atoms with Crippen LogP contribution in [0.4, 0.5) is 11.9 Å². The molecule has 0 radical (unpaired) electrons. The van der Waals surface area contributed by atoms with Crippen molar-refractivity contribution in [3.05, 3.63) is 29.3 Å². The highest BCUT2D eigenvalue weighted by Gasteiger charge is 2.30. The number of ether oxygens (including phenoxy) is 1. The van der Waals surface area contributed by atoms with E-state index in [0.29, 0.717) is 24.5 Å². The Morgan fingerprint density at radius 1 is 1.26 bits per heavy atom. The van der Waals surface area contributed by atoms with E-state index in [1.54, 1.807) is 11.7 Å². The molecule has 27 heavy (non-hydrogen) atoms. The Bertz CT molecular complexity index is 748. The SMILES string of the molecule is Cn1nc(NCCCOc2cccc3c2CCC3N2CCCCC2)nc1N. The van der Waals surface area contributed by atoms with Crippen molar-refractivity contribution in [2.24, 2.45) is 7.05 Å². The van der Waals surface area contributed by atoms with Gasteiger partial charge in [0.25, 0.3) is 0 Å². The van der Waals surface area contributed by atoms with Crippen molar-refractivity contribution in [1.29, 1.82) is 0 Å². The van der Waals surface area contributed by atoms with Crippen molar-refractivity contribution >= 4 is 11.9 Å². The van der Waals surface area contributed by atoms with Gasteiger partial charge >= 0.3 is 0 Å². The van der Waals surface area contributed by atoms with Crippen molar-refractivity contribution in [1.82, 2.24) is 19.7 Å². The summed E-state index contributed by atoms with van der Waals surface area (Å²) in [6, 6.07) is 7.15. The lowest BCUT2D eigenvalue weighted by atomic mass is 10.0. The molecule has 7 heteroatoms. The summed E-state index contributed by atoms with van der Waals surface area (Å²) < 4.78 is 7.68. The zero-order valence-corrected chi connectivity index (χ0v) is 16.2. The van der Waals surface area contributed by atoms with E-state index in [9.17, 15) is 0 Å². The first kappa shape index (κ1) is 18.1. The number of benzene rings is 1. The van der Waals surface area contributed by atoms with Gasteiger partial charge in [-0.1, -0.05) is 18.6 Å². The number of nitrogens with two attached hydrogens (primary N) is 1. The van der Waals surface area contributed by atoms with Gasteiger partial charge < -0.3 is 15.8 Å². The van der Waals surface area contributed by atoms with Gasteiger partial charge in [0.05, 0.1) is 6.61 Å². The molecule has 0 spiro atoms. The van der Waals surface area contributed by atoms with E-state index in [4.69, 9.17) is 10.5 Å². The molecule has 1 unspecified atom stereocenters. The molecule has 1 saturated heterocycles. The van der Waals surface area contributed by atoms with Crippen LogP contribution >= 0.6 is 0 Å². The van der Waals surface area contributed by atoms with Crippen molar-refractivity contribution in [2.45, 2.75) is 44.6 Å². The standard InChI is InChI=1S/C20H30N6O/c1-25-19(21)23-20(24-25)22-11-6-14-27-18-8-5-7-15-16(18)9-10-17(15)26-12-3-2-4-13-26/h5,7-8,17H,2-4,6,9-14H2,1H3,(H3,21,22,23,24). The van der Waals surface area contributed by atoms with Crippen LogP contribution in [0.5, 0.6) is 5.75 Å². The van der Waals surface area contributed by atoms with Crippen LogP contribution in [0, 0.1) is 0 Å². The second-order valence-electron chi connectivity index (χ2n) is 7.52. The number of aromatic nitrogens is 3. The quantitative estimate of drug-likeness (QED) is 0.730. The first-order chi connectivity index (χ1) is 13.2. The number of nitrogen functional groups attached to an aromatic ring is 1. The molecule has 1 fully saturated rings. The summed E-state index contributed by atoms with van der Waals surface area (Å²) in [6.07, 6.45) is 7.30. The summed E-state index contributed by atoms with van der Waals surface area (Å²) in [6.45, 7) is 3.93. The van der Waals surface area contributed by atoms with Gasteiger partial charge in [-0.2, -0.15) is 4.98 Å². The fourth-order valence-corrected chi connectivity index (χ4v) is 4.27. The lowest BCUT2D eigenvalue weighted by Crippen LogP contribution is -2.32. The lowest BCUT2D eigenvalue weighted by Gasteiger charge is -2.32. The molecule has 1 aromatic carbocycles. The molecule has 2 aliphatic rings. The molecule has 0 bridgehead atoms. The average molecular weight is 371 g/mol. The van der Waals surface area contributed by atoms with Gasteiger partial charge in [-0.3, -0.25) is 4.90 Å². The largest absolute Gasteiger partial charge is 0.493 e. The molecule has 4 rings (SSSR count). The van der Waals surface area contributed by atoms with Gasteiger partial charge in [0.15, 0.2) is 0 Å². The molecule has 1 atom stereocenters. The first-order valence-corrected chi connectivity index (χ1v) is 10.1. The molecular weight excluding hydrogens is 340 g/mol. The van der Waals surface area contributed by atoms with Crippen LogP contribution in [0.1, 0.15) is 49.3 Å². The maximum absolute atomic E-state index is 6.12. The van der Waals surface area contributed by atoms with Gasteiger partial charge in [-0.15, -0.1) is 5.10 Å². The van der Waals surface area contributed by atoms with Gasteiger partial charge in [-0.05, 0) is 62.4 Å². The third-order valence-electron chi connectivity index (χ3n) is 5.69. The molecule has 1 aromatic heterocycles. The molecule has 146 valence electrons. The third-order valence-corrected chi connectivity index (χ3v) is 5.69. The highest BCUT2D eigenvalue weighted by Crippen LogP contribution is 2.41. The molecule has 1 aliphatic heterocycles. The number of nitrogens with one attached hydrogen (secondary N) is 1. The first-order valence-electron chi connectivity index (χ1n) is 10.1. The molecule has 0 saturated carbocycles. The predicted octanol–water partition coefficient (Wildman–Crippen LogP) is 2.75. The van der Waals surface area contributed by atoms with E-state index >= 15 is 0 Å². The van der Waals surface area contributed by atoms with Gasteiger partial charge in [-0.25, -0.2) is 4.68 Å². The van der Waals surface area contributed by atoms with Gasteiger partial charge in [0, 0.05) is 19.6 Å². The topological polar surface area (TPSA) is 81.2 Å². The van der Waals surface area contributed by atoms with Crippen LogP contribution < -0.4 is 15.8 Å². The Kier molecular flexibility index (Phi) is 5.48. The molecule has 3 N–H and O–H groups in total. The number of aryl methyl sites for hydroxylation is 1. The second kappa shape index (κ2) is 8.17. The van der Waals surface area contributed by atoms with Crippen LogP contribution in [0.25, 0.3) is 0 Å². The van der Waals surface area contributed by atoms with Crippen LogP contribution in [0.3, 0.4) is 0 Å². The summed E-state index contributed by atoms with van der Waals surface area (Å²) in [5, 5.41) is 7.38. The lowest BCUT2D eigenvalue weighted by molar-refractivity contribution is 0.163. The van der Waals surface area contributed by atoms with Crippen molar-refractivity contribution < 1.29 is 4.74 Å². The summed E-state index contributed by atoms with van der Waals surface area (Å²) in [5.41, 5.74) is 8.59. The summed E-state index contributed by atoms with van der Waals surface area (Å²) in [4.78, 5) is 6.81. The van der Waals surface area contributed by atoms with Gasteiger partial charge in [0.2, 0.25) is 11.9 Å². The number of nitrogens with zero attached hydrogens (tertiary/aromatic N) is 4. The maximum atomic E-state index is 6.12. The van der Waals surface area contributed by atoms with E-state index in [1.807, 2.05) is 0 Å². The fourth-order valence-electron chi connectivity index (χ4n) is 4.27. The minimum Gasteiger partial charge on any atom is -0.493 e. The smallest absolute Gasteiger partial charge is 0.243 e. The van der Waals surface area contributed by atoms with Crippen LogP contribution in [0.2, 0.25) is 0 Å². The number of hydrogen-bond donors (Lipinski definition) is 2. The van der Waals surface area contributed by atoms with Crippen LogP contribution in [-0.2, 0) is 13.5 Å². The minimum absolute atomic E-state index is 0.414. The van der Waals surface area contributed by atoms with Crippen LogP contribution in [0.15, 0.2) is 18.2 Å². The third kappa shape index (κ3) is 4.03. The van der Waals surface area contributed by atoms with Crippen molar-refractivity contribution in [3.63, 3.8) is 0 Å². The highest BCUT2D eigenvalue weighted by atomic mass is 16.5. The molecular formula is C20H30N6O. The zero-order chi connectivity index (χ0) is 18.6. The van der Waals surface area contributed by atoms with Crippen LogP contribution in [-0.4, -0.2) is 45.9 Å². The fraction of sp³-hybridized carbons (Fsp3) is 0.600. The molecule has 7 nitrogen and oxygen atoms in total. The number of fused-ring (bicyclic) bond motifs is 1. The Morgan fingerprint density at radius 2 is 2.11 bits per heavy atom. The zero-order valence-electron chi connectivity index (χ0n) is 16.2. The monoisotopic (exact) mass is 370 g/mol. The summed E-state index contributed by atoms with van der Waals surface area (Å²) in [5.74, 6) is 2.05. The molecule has 1 aliphatic carbocycles. The highest BCUT2D eigenvalue weighted by molar-refractivity contribution is 5.45. The average Bonchev–Trinajstić information content (AvgIpc) is 3.26. The van der Waals surface area contributed by atoms with E-state index in [2.05, 4.69) is 38.5 Å². The Morgan fingerprint density at radius 3 is 2.89 bits per heavy atom. The number of hydrogen-bond acceptors (Lipinski definition) is 6. The van der Waals surface area contributed by atoms with E-state index in [1.165, 1.54) is 49.9 Å². The van der Waals surface area contributed by atoms with Crippen molar-refractivity contribution in [3.8, 4) is 5.75 Å². The van der Waals surface area contributed by atoms with Crippen molar-refractivity contribution in [2.75, 3.05) is 37.3 Å². The van der Waals surface area contributed by atoms with E-state index < -0.39 is 0 Å². The maximum Gasteiger partial charge on any atom is 0.243 e. The number of anilines is 2. The van der Waals surface area contributed by atoms with E-state index in [0.717, 1.165) is 25.1 Å². The van der Waals surface area contributed by atoms with E-state index in [-0.39, 0.29) is 0 Å². The molecule has 0 amide bonds. The second-order valence-corrected chi connectivity index (χ2v) is 7.52. The normalized spacial score (nSPS) is 19.8. The Balaban J connectivity index is 1.29. The molecule has 2 aromatic rings. The Labute approximate surface area is 160 Å². The molecule has 2 heterocycles. The predicted molar refractivity (Wildman–Crippen MR) is 107 cm³/mol.